The number of aromatic nitrogens is 1. The second-order valence-electron chi connectivity index (χ2n) is 4.75. The lowest BCUT2D eigenvalue weighted by atomic mass is 9.96. The monoisotopic (exact) mass is 220 g/mol. The zero-order valence-electron chi connectivity index (χ0n) is 10.00. The molecule has 1 amide bonds. The number of carbonyl (C=O) groups excluding carboxylic acids is 2. The number of hydrogen-bond acceptors (Lipinski definition) is 3. The van der Waals surface area contributed by atoms with Crippen LogP contribution in [0.5, 0.6) is 0 Å². The number of hydrogen-bond donors (Lipinski definition) is 1. The molecule has 1 heterocycles. The molecule has 0 saturated carbocycles. The molecular weight excluding hydrogens is 204 g/mol. The Morgan fingerprint density at radius 1 is 1.44 bits per heavy atom. The third kappa shape index (κ3) is 2.89. The van der Waals surface area contributed by atoms with Gasteiger partial charge in [0.1, 0.15) is 5.82 Å². The van der Waals surface area contributed by atoms with E-state index >= 15 is 0 Å². The molecule has 16 heavy (non-hydrogen) atoms. The third-order valence-corrected chi connectivity index (χ3v) is 2.20. The molecule has 0 fully saturated rings. The van der Waals surface area contributed by atoms with Crippen LogP contribution in [-0.2, 0) is 4.79 Å². The zero-order valence-corrected chi connectivity index (χ0v) is 10.00. The lowest BCUT2D eigenvalue weighted by molar-refractivity contribution is -0.123. The van der Waals surface area contributed by atoms with Crippen molar-refractivity contribution in [3.05, 3.63) is 23.4 Å². The van der Waals surface area contributed by atoms with Gasteiger partial charge in [0.15, 0.2) is 6.29 Å². The van der Waals surface area contributed by atoms with Gasteiger partial charge >= 0.3 is 0 Å². The van der Waals surface area contributed by atoms with Crippen LogP contribution >= 0.6 is 0 Å². The molecule has 1 rings (SSSR count). The predicted molar refractivity (Wildman–Crippen MR) is 62.4 cm³/mol. The molecule has 1 aromatic heterocycles. The summed E-state index contributed by atoms with van der Waals surface area (Å²) in [6.07, 6.45) is 2.21. The van der Waals surface area contributed by atoms with Gasteiger partial charge in [-0.1, -0.05) is 20.8 Å². The van der Waals surface area contributed by atoms with E-state index in [1.807, 2.05) is 20.8 Å². The topological polar surface area (TPSA) is 59.1 Å². The van der Waals surface area contributed by atoms with Crippen LogP contribution in [0, 0.1) is 12.3 Å². The standard InChI is InChI=1S/C12H16N2O2/c1-8-5-10(13-6-9(8)7-15)14-11(16)12(2,3)4/h5-7H,1-4H3,(H,13,14,16). The number of amides is 1. The molecule has 0 aliphatic rings. The number of rotatable bonds is 2. The summed E-state index contributed by atoms with van der Waals surface area (Å²) in [5, 5.41) is 2.71. The fourth-order valence-corrected chi connectivity index (χ4v) is 1.06. The van der Waals surface area contributed by atoms with E-state index in [-0.39, 0.29) is 5.91 Å². The molecule has 1 N–H and O–H groups in total. The Labute approximate surface area is 95.1 Å². The smallest absolute Gasteiger partial charge is 0.230 e. The summed E-state index contributed by atoms with van der Waals surface area (Å²) in [4.78, 5) is 26.3. The number of nitrogens with zero attached hydrogens (tertiary/aromatic N) is 1. The minimum Gasteiger partial charge on any atom is -0.310 e. The van der Waals surface area contributed by atoms with Crippen molar-refractivity contribution < 1.29 is 9.59 Å². The molecule has 0 spiro atoms. The summed E-state index contributed by atoms with van der Waals surface area (Å²) in [5.74, 6) is 0.376. The molecule has 4 nitrogen and oxygen atoms in total. The van der Waals surface area contributed by atoms with Crippen molar-refractivity contribution in [1.82, 2.24) is 4.98 Å². The fourth-order valence-electron chi connectivity index (χ4n) is 1.06. The van der Waals surface area contributed by atoms with Gasteiger partial charge < -0.3 is 5.32 Å². The molecule has 0 unspecified atom stereocenters. The second kappa shape index (κ2) is 4.43. The Hall–Kier alpha value is -1.71. The van der Waals surface area contributed by atoms with Crippen molar-refractivity contribution in [1.29, 1.82) is 0 Å². The summed E-state index contributed by atoms with van der Waals surface area (Å²) < 4.78 is 0. The van der Waals surface area contributed by atoms with Gasteiger partial charge in [-0.05, 0) is 18.6 Å². The lowest BCUT2D eigenvalue weighted by Crippen LogP contribution is -2.28. The van der Waals surface area contributed by atoms with Crippen LogP contribution in [0.15, 0.2) is 12.3 Å². The summed E-state index contributed by atoms with van der Waals surface area (Å²) in [7, 11) is 0. The SMILES string of the molecule is Cc1cc(NC(=O)C(C)(C)C)ncc1C=O. The quantitative estimate of drug-likeness (QED) is 0.777. The van der Waals surface area contributed by atoms with Crippen molar-refractivity contribution in [2.45, 2.75) is 27.7 Å². The first-order chi connectivity index (χ1) is 7.34. The Kier molecular flexibility index (Phi) is 3.42. The summed E-state index contributed by atoms with van der Waals surface area (Å²) >= 11 is 0. The number of pyridine rings is 1. The summed E-state index contributed by atoms with van der Waals surface area (Å²) in [5.41, 5.74) is 0.877. The number of nitrogens with one attached hydrogen (secondary N) is 1. The first-order valence-corrected chi connectivity index (χ1v) is 5.08. The van der Waals surface area contributed by atoms with Crippen LogP contribution < -0.4 is 5.32 Å². The van der Waals surface area contributed by atoms with E-state index in [0.29, 0.717) is 11.4 Å². The first kappa shape index (κ1) is 12.4. The molecular formula is C12H16N2O2. The molecule has 0 atom stereocenters. The molecule has 0 aliphatic heterocycles. The van der Waals surface area contributed by atoms with Crippen LogP contribution in [0.3, 0.4) is 0 Å². The highest BCUT2D eigenvalue weighted by atomic mass is 16.2. The fraction of sp³-hybridized carbons (Fsp3) is 0.417. The van der Waals surface area contributed by atoms with Crippen molar-refractivity contribution in [3.8, 4) is 0 Å². The van der Waals surface area contributed by atoms with Gasteiger partial charge in [-0.15, -0.1) is 0 Å². The van der Waals surface area contributed by atoms with Gasteiger partial charge in [-0.2, -0.15) is 0 Å². The van der Waals surface area contributed by atoms with Gasteiger partial charge in [0.2, 0.25) is 5.91 Å². The number of aryl methyl sites for hydroxylation is 1. The average Bonchev–Trinajstić information content (AvgIpc) is 2.16. The van der Waals surface area contributed by atoms with E-state index in [0.717, 1.165) is 11.8 Å². The molecule has 0 aromatic carbocycles. The van der Waals surface area contributed by atoms with E-state index in [1.54, 1.807) is 13.0 Å². The molecule has 0 aliphatic carbocycles. The first-order valence-electron chi connectivity index (χ1n) is 5.08. The second-order valence-corrected chi connectivity index (χ2v) is 4.75. The van der Waals surface area contributed by atoms with E-state index < -0.39 is 5.41 Å². The lowest BCUT2D eigenvalue weighted by Gasteiger charge is -2.17. The van der Waals surface area contributed by atoms with Gasteiger partial charge in [0.25, 0.3) is 0 Å². The Morgan fingerprint density at radius 3 is 2.50 bits per heavy atom. The largest absolute Gasteiger partial charge is 0.310 e. The maximum atomic E-state index is 11.7. The normalized spacial score (nSPS) is 11.0. The molecule has 86 valence electrons. The maximum Gasteiger partial charge on any atom is 0.230 e. The van der Waals surface area contributed by atoms with E-state index in [1.165, 1.54) is 6.20 Å². The van der Waals surface area contributed by atoms with Gasteiger partial charge in [0.05, 0.1) is 0 Å². The van der Waals surface area contributed by atoms with Crippen molar-refractivity contribution in [2.75, 3.05) is 5.32 Å². The Bertz CT molecular complexity index is 420. The van der Waals surface area contributed by atoms with Crippen molar-refractivity contribution in [3.63, 3.8) is 0 Å². The van der Waals surface area contributed by atoms with Crippen LogP contribution in [0.2, 0.25) is 0 Å². The highest BCUT2D eigenvalue weighted by Crippen LogP contribution is 2.17. The van der Waals surface area contributed by atoms with E-state index in [9.17, 15) is 9.59 Å². The van der Waals surface area contributed by atoms with Crippen LogP contribution in [0.1, 0.15) is 36.7 Å². The van der Waals surface area contributed by atoms with Crippen LogP contribution in [-0.4, -0.2) is 17.2 Å². The van der Waals surface area contributed by atoms with Crippen molar-refractivity contribution in [2.24, 2.45) is 5.41 Å². The summed E-state index contributed by atoms with van der Waals surface area (Å²) in [6.45, 7) is 7.29. The van der Waals surface area contributed by atoms with Gasteiger partial charge in [-0.3, -0.25) is 9.59 Å². The van der Waals surface area contributed by atoms with Gasteiger partial charge in [0, 0.05) is 17.2 Å². The summed E-state index contributed by atoms with van der Waals surface area (Å²) in [6, 6.07) is 1.69. The molecule has 0 saturated heterocycles. The highest BCUT2D eigenvalue weighted by Gasteiger charge is 2.21. The highest BCUT2D eigenvalue weighted by molar-refractivity contribution is 5.94. The predicted octanol–water partition coefficient (Wildman–Crippen LogP) is 2.19. The van der Waals surface area contributed by atoms with Gasteiger partial charge in [-0.25, -0.2) is 4.98 Å². The van der Waals surface area contributed by atoms with Crippen LogP contribution in [0.25, 0.3) is 0 Å². The van der Waals surface area contributed by atoms with Crippen LogP contribution in [0.4, 0.5) is 5.82 Å². The minimum atomic E-state index is -0.459. The zero-order chi connectivity index (χ0) is 12.3. The number of aldehydes is 1. The van der Waals surface area contributed by atoms with E-state index in [2.05, 4.69) is 10.3 Å². The van der Waals surface area contributed by atoms with Crippen molar-refractivity contribution >= 4 is 18.0 Å². The molecule has 4 heteroatoms. The third-order valence-electron chi connectivity index (χ3n) is 2.20. The Balaban J connectivity index is 2.88. The molecule has 0 bridgehead atoms. The molecule has 0 radical (unpaired) electrons. The minimum absolute atomic E-state index is 0.0988. The maximum absolute atomic E-state index is 11.7. The average molecular weight is 220 g/mol. The molecule has 1 aromatic rings. The Morgan fingerprint density at radius 2 is 2.06 bits per heavy atom. The van der Waals surface area contributed by atoms with E-state index in [4.69, 9.17) is 0 Å². The number of carbonyl (C=O) groups is 2. The number of anilines is 1.